The minimum absolute atomic E-state index is 0.0632. The van der Waals surface area contributed by atoms with E-state index in [0.29, 0.717) is 23.6 Å². The number of aliphatic hydroxyl groups excluding tert-OH is 1. The number of esters is 1. The summed E-state index contributed by atoms with van der Waals surface area (Å²) in [7, 11) is -1.05. The largest absolute Gasteiger partial charge is 0.497 e. The third-order valence-corrected chi connectivity index (χ3v) is 7.10. The molecule has 0 unspecified atom stereocenters. The molecule has 2 aliphatic heterocycles. The van der Waals surface area contributed by atoms with Gasteiger partial charge in [-0.25, -0.2) is 8.42 Å². The number of fused-ring (bicyclic) bond motifs is 3. The van der Waals surface area contributed by atoms with Crippen LogP contribution in [0.25, 0.3) is 0 Å². The third-order valence-electron chi connectivity index (χ3n) is 5.73. The number of aliphatic hydroxyl groups is 1. The fraction of sp³-hybridized carbons (Fsp3) is 0.409. The smallest absolute Gasteiger partial charge is 0.308 e. The Hall–Kier alpha value is -2.82. The van der Waals surface area contributed by atoms with Gasteiger partial charge in [0.15, 0.2) is 0 Å². The molecule has 10 heteroatoms. The molecule has 4 rings (SSSR count). The van der Waals surface area contributed by atoms with E-state index in [1.807, 2.05) is 0 Å². The number of hydrogen-bond acceptors (Lipinski definition) is 8. The first kappa shape index (κ1) is 22.4. The molecule has 1 saturated heterocycles. The number of rotatable bonds is 7. The van der Waals surface area contributed by atoms with Crippen molar-refractivity contribution in [3.8, 4) is 11.5 Å². The van der Waals surface area contributed by atoms with E-state index in [1.54, 1.807) is 30.3 Å². The summed E-state index contributed by atoms with van der Waals surface area (Å²) < 4.78 is 50.0. The van der Waals surface area contributed by atoms with Crippen LogP contribution in [0.5, 0.6) is 11.5 Å². The summed E-state index contributed by atoms with van der Waals surface area (Å²) in [6.45, 7) is -0.262. The molecule has 0 bridgehead atoms. The average Bonchev–Trinajstić information content (AvgIpc) is 3.16. The summed E-state index contributed by atoms with van der Waals surface area (Å²) in [5, 5.41) is 9.78. The van der Waals surface area contributed by atoms with Crippen molar-refractivity contribution in [2.75, 3.05) is 25.5 Å². The molecule has 0 amide bonds. The van der Waals surface area contributed by atoms with Gasteiger partial charge in [0.25, 0.3) is 10.0 Å². The van der Waals surface area contributed by atoms with Gasteiger partial charge in [-0.1, -0.05) is 6.07 Å². The first-order valence-corrected chi connectivity index (χ1v) is 11.6. The van der Waals surface area contributed by atoms with E-state index in [9.17, 15) is 18.3 Å². The van der Waals surface area contributed by atoms with Gasteiger partial charge in [-0.15, -0.1) is 0 Å². The Bertz CT molecular complexity index is 1100. The number of carbonyl (C=O) groups is 1. The van der Waals surface area contributed by atoms with Gasteiger partial charge in [0.1, 0.15) is 23.7 Å². The lowest BCUT2D eigenvalue weighted by Gasteiger charge is -2.36. The average molecular weight is 464 g/mol. The van der Waals surface area contributed by atoms with Crippen molar-refractivity contribution >= 4 is 21.7 Å². The second kappa shape index (κ2) is 8.97. The predicted octanol–water partition coefficient (Wildman–Crippen LogP) is 2.05. The standard InChI is InChI=1S/C22H25NO8S/c1-28-14-4-3-5-16(9-14)32(26,27)23-13-6-7-19-17(8-13)18-10-15(11-21(25)29-2)30-20(12-24)22(18)31-19/h3-9,15,18,20,22-24H,10-12H2,1-2H3/t15-,18+,20+,22-/m1/s1. The maximum Gasteiger partial charge on any atom is 0.308 e. The highest BCUT2D eigenvalue weighted by molar-refractivity contribution is 7.92. The summed E-state index contributed by atoms with van der Waals surface area (Å²) in [6, 6.07) is 11.2. The van der Waals surface area contributed by atoms with Crippen LogP contribution in [0.15, 0.2) is 47.4 Å². The molecule has 9 nitrogen and oxygen atoms in total. The number of benzene rings is 2. The SMILES string of the molecule is COC(=O)C[C@H]1C[C@H]2c3cc(NS(=O)(=O)c4cccc(OC)c4)ccc3O[C@H]2[C@H](CO)O1. The van der Waals surface area contributed by atoms with Crippen LogP contribution in [0.3, 0.4) is 0 Å². The first-order valence-electron chi connectivity index (χ1n) is 10.1. The molecule has 172 valence electrons. The molecular formula is C22H25NO8S. The van der Waals surface area contributed by atoms with Crippen molar-refractivity contribution in [3.63, 3.8) is 0 Å². The Morgan fingerprint density at radius 3 is 2.75 bits per heavy atom. The molecule has 0 radical (unpaired) electrons. The van der Waals surface area contributed by atoms with Crippen LogP contribution in [-0.4, -0.2) is 58.6 Å². The summed E-state index contributed by atoms with van der Waals surface area (Å²) in [5.74, 6) is 0.480. The number of carbonyl (C=O) groups excluding carboxylic acids is 1. The second-order valence-electron chi connectivity index (χ2n) is 7.72. The minimum Gasteiger partial charge on any atom is -0.497 e. The molecule has 2 aliphatic rings. The number of nitrogens with one attached hydrogen (secondary N) is 1. The van der Waals surface area contributed by atoms with Gasteiger partial charge in [-0.2, -0.15) is 0 Å². The Morgan fingerprint density at radius 1 is 1.22 bits per heavy atom. The van der Waals surface area contributed by atoms with Gasteiger partial charge in [-0.3, -0.25) is 9.52 Å². The van der Waals surface area contributed by atoms with Crippen molar-refractivity contribution in [1.29, 1.82) is 0 Å². The lowest BCUT2D eigenvalue weighted by atomic mass is 9.84. The summed E-state index contributed by atoms with van der Waals surface area (Å²) in [5.41, 5.74) is 1.19. The number of hydrogen-bond donors (Lipinski definition) is 2. The van der Waals surface area contributed by atoms with E-state index in [2.05, 4.69) is 4.72 Å². The van der Waals surface area contributed by atoms with Crippen LogP contribution in [0, 0.1) is 0 Å². The summed E-state index contributed by atoms with van der Waals surface area (Å²) in [6.07, 6.45) is -0.919. The maximum absolute atomic E-state index is 12.9. The lowest BCUT2D eigenvalue weighted by Crippen LogP contribution is -2.46. The lowest BCUT2D eigenvalue weighted by molar-refractivity contribution is -0.156. The molecule has 2 aromatic carbocycles. The Labute approximate surface area is 186 Å². The van der Waals surface area contributed by atoms with Gasteiger partial charge in [0.05, 0.1) is 38.2 Å². The van der Waals surface area contributed by atoms with E-state index in [1.165, 1.54) is 26.4 Å². The van der Waals surface area contributed by atoms with Crippen molar-refractivity contribution in [3.05, 3.63) is 48.0 Å². The third kappa shape index (κ3) is 4.38. The minimum atomic E-state index is -3.83. The van der Waals surface area contributed by atoms with Gasteiger partial charge >= 0.3 is 5.97 Å². The van der Waals surface area contributed by atoms with Crippen molar-refractivity contribution in [2.24, 2.45) is 0 Å². The van der Waals surface area contributed by atoms with E-state index < -0.39 is 34.3 Å². The predicted molar refractivity (Wildman–Crippen MR) is 114 cm³/mol. The Balaban J connectivity index is 1.58. The zero-order chi connectivity index (χ0) is 22.9. The van der Waals surface area contributed by atoms with Crippen LogP contribution in [0.1, 0.15) is 24.3 Å². The Kier molecular flexibility index (Phi) is 6.27. The van der Waals surface area contributed by atoms with E-state index in [-0.39, 0.29) is 23.8 Å². The second-order valence-corrected chi connectivity index (χ2v) is 9.40. The monoisotopic (exact) mass is 463 g/mol. The van der Waals surface area contributed by atoms with E-state index in [4.69, 9.17) is 18.9 Å². The molecule has 0 aliphatic carbocycles. The summed E-state index contributed by atoms with van der Waals surface area (Å²) >= 11 is 0. The maximum atomic E-state index is 12.9. The molecule has 0 saturated carbocycles. The van der Waals surface area contributed by atoms with Crippen molar-refractivity contribution in [1.82, 2.24) is 0 Å². The number of anilines is 1. The van der Waals surface area contributed by atoms with Crippen LogP contribution in [0.2, 0.25) is 0 Å². The van der Waals surface area contributed by atoms with Crippen LogP contribution >= 0.6 is 0 Å². The molecule has 2 aromatic rings. The number of methoxy groups -OCH3 is 2. The fourth-order valence-corrected chi connectivity index (χ4v) is 5.29. The zero-order valence-electron chi connectivity index (χ0n) is 17.7. The highest BCUT2D eigenvalue weighted by Crippen LogP contribution is 2.47. The molecular weight excluding hydrogens is 438 g/mol. The number of ether oxygens (including phenoxy) is 4. The first-order chi connectivity index (χ1) is 15.3. The highest BCUT2D eigenvalue weighted by Gasteiger charge is 2.46. The molecule has 2 heterocycles. The molecule has 2 N–H and O–H groups in total. The molecule has 1 fully saturated rings. The number of sulfonamides is 1. The van der Waals surface area contributed by atoms with Crippen molar-refractivity contribution < 1.29 is 37.3 Å². The topological polar surface area (TPSA) is 120 Å². The molecule has 4 atom stereocenters. The van der Waals surface area contributed by atoms with Gasteiger partial charge in [0.2, 0.25) is 0 Å². The van der Waals surface area contributed by atoms with E-state index >= 15 is 0 Å². The van der Waals surface area contributed by atoms with Gasteiger partial charge < -0.3 is 24.1 Å². The summed E-state index contributed by atoms with van der Waals surface area (Å²) in [4.78, 5) is 11.8. The van der Waals surface area contributed by atoms with Crippen molar-refractivity contribution in [2.45, 2.75) is 42.0 Å². The van der Waals surface area contributed by atoms with Gasteiger partial charge in [-0.05, 0) is 36.8 Å². The Morgan fingerprint density at radius 2 is 2.03 bits per heavy atom. The quantitative estimate of drug-likeness (QED) is 0.599. The fourth-order valence-electron chi connectivity index (χ4n) is 4.20. The molecule has 32 heavy (non-hydrogen) atoms. The molecule has 0 aromatic heterocycles. The van der Waals surface area contributed by atoms with E-state index in [0.717, 1.165) is 5.56 Å². The van der Waals surface area contributed by atoms with Gasteiger partial charge in [0, 0.05) is 23.2 Å². The normalized spacial score (nSPS) is 24.1. The highest BCUT2D eigenvalue weighted by atomic mass is 32.2. The van der Waals surface area contributed by atoms with Crippen LogP contribution in [-0.2, 0) is 24.3 Å². The van der Waals surface area contributed by atoms with Crippen LogP contribution in [0.4, 0.5) is 5.69 Å². The van der Waals surface area contributed by atoms with Crippen LogP contribution < -0.4 is 14.2 Å². The molecule has 0 spiro atoms. The zero-order valence-corrected chi connectivity index (χ0v) is 18.5.